The van der Waals surface area contributed by atoms with Crippen LogP contribution in [0, 0.1) is 0 Å². The Balaban J connectivity index is 1.92. The van der Waals surface area contributed by atoms with E-state index in [1.165, 1.54) is 6.07 Å². The molecule has 0 aliphatic carbocycles. The quantitative estimate of drug-likeness (QED) is 0.818. The van der Waals surface area contributed by atoms with Gasteiger partial charge in [-0.25, -0.2) is 0 Å². The second kappa shape index (κ2) is 6.78. The molecule has 6 heteroatoms. The van der Waals surface area contributed by atoms with Crippen LogP contribution in [0.15, 0.2) is 48.5 Å². The van der Waals surface area contributed by atoms with Crippen molar-refractivity contribution in [3.05, 3.63) is 65.2 Å². The van der Waals surface area contributed by atoms with Gasteiger partial charge in [-0.3, -0.25) is 4.79 Å². The van der Waals surface area contributed by atoms with E-state index >= 15 is 0 Å². The number of anilines is 1. The van der Waals surface area contributed by atoms with Crippen molar-refractivity contribution < 1.29 is 18.0 Å². The summed E-state index contributed by atoms with van der Waals surface area (Å²) in [4.78, 5) is 14.3. The largest absolute Gasteiger partial charge is 0.416 e. The second-order valence-electron chi connectivity index (χ2n) is 6.06. The Kier molecular flexibility index (Phi) is 4.70. The smallest absolute Gasteiger partial charge is 0.361 e. The first-order chi connectivity index (χ1) is 11.9. The van der Waals surface area contributed by atoms with E-state index in [4.69, 9.17) is 0 Å². The summed E-state index contributed by atoms with van der Waals surface area (Å²) < 4.78 is 38.8. The van der Waals surface area contributed by atoms with Crippen LogP contribution in [0.2, 0.25) is 0 Å². The fraction of sp³-hybridized carbons (Fsp3) is 0.316. The molecule has 1 aliphatic heterocycles. The van der Waals surface area contributed by atoms with Gasteiger partial charge in [-0.15, -0.1) is 0 Å². The molecule has 1 atom stereocenters. The van der Waals surface area contributed by atoms with Gasteiger partial charge in [0.15, 0.2) is 0 Å². The van der Waals surface area contributed by atoms with Crippen LogP contribution < -0.4 is 5.32 Å². The predicted molar refractivity (Wildman–Crippen MR) is 90.2 cm³/mol. The molecule has 0 saturated heterocycles. The van der Waals surface area contributed by atoms with Gasteiger partial charge in [-0.2, -0.15) is 13.2 Å². The Morgan fingerprint density at radius 1 is 1.12 bits per heavy atom. The van der Waals surface area contributed by atoms with Crippen molar-refractivity contribution in [3.8, 4) is 0 Å². The number of nitrogens with one attached hydrogen (secondary N) is 1. The Hall–Kier alpha value is -2.50. The van der Waals surface area contributed by atoms with Crippen LogP contribution >= 0.6 is 0 Å². The Labute approximate surface area is 144 Å². The third-order valence-electron chi connectivity index (χ3n) is 4.30. The Bertz CT molecular complexity index is 773. The van der Waals surface area contributed by atoms with E-state index in [2.05, 4.69) is 5.32 Å². The molecule has 2 aromatic rings. The average molecular weight is 348 g/mol. The lowest BCUT2D eigenvalue weighted by molar-refractivity contribution is -0.137. The highest BCUT2D eigenvalue weighted by molar-refractivity contribution is 5.99. The van der Waals surface area contributed by atoms with Gasteiger partial charge in [-0.1, -0.05) is 37.6 Å². The number of unbranched alkanes of at least 4 members (excludes halogenated alkanes) is 1. The molecule has 0 unspecified atom stereocenters. The first-order valence-electron chi connectivity index (χ1n) is 8.25. The number of hydrogen-bond acceptors (Lipinski definition) is 2. The number of carbonyl (C=O) groups is 1. The van der Waals surface area contributed by atoms with Crippen molar-refractivity contribution in [2.45, 2.75) is 32.1 Å². The summed E-state index contributed by atoms with van der Waals surface area (Å²) in [5.41, 5.74) is 1.02. The zero-order chi connectivity index (χ0) is 18.0. The minimum Gasteiger partial charge on any atom is -0.361 e. The molecule has 1 aliphatic rings. The van der Waals surface area contributed by atoms with Gasteiger partial charge in [0.1, 0.15) is 6.17 Å². The normalized spacial score (nSPS) is 16.9. The molecular formula is C19H19F3N2O. The summed E-state index contributed by atoms with van der Waals surface area (Å²) in [6, 6.07) is 12.3. The summed E-state index contributed by atoms with van der Waals surface area (Å²) in [7, 11) is 0. The number of rotatable bonds is 5. The van der Waals surface area contributed by atoms with Gasteiger partial charge in [0.25, 0.3) is 5.91 Å². The van der Waals surface area contributed by atoms with Crippen molar-refractivity contribution in [1.29, 1.82) is 0 Å². The molecule has 2 aromatic carbocycles. The van der Waals surface area contributed by atoms with Crippen LogP contribution in [0.1, 0.15) is 47.4 Å². The lowest BCUT2D eigenvalue weighted by atomic mass is 10.1. The monoisotopic (exact) mass is 348 g/mol. The highest BCUT2D eigenvalue weighted by Crippen LogP contribution is 2.36. The van der Waals surface area contributed by atoms with Crippen molar-refractivity contribution in [3.63, 3.8) is 0 Å². The zero-order valence-electron chi connectivity index (χ0n) is 13.8. The van der Waals surface area contributed by atoms with Gasteiger partial charge in [0, 0.05) is 23.4 Å². The van der Waals surface area contributed by atoms with E-state index in [-0.39, 0.29) is 5.91 Å². The highest BCUT2D eigenvalue weighted by atomic mass is 19.4. The fourth-order valence-electron chi connectivity index (χ4n) is 3.03. The lowest BCUT2D eigenvalue weighted by Crippen LogP contribution is -2.33. The average Bonchev–Trinajstić information content (AvgIpc) is 2.85. The standard InChI is InChI=1S/C19H19F3N2O/c1-2-3-11-24-17(15-9-4-5-10-16(15)18(24)25)23-14-8-6-7-13(12-14)19(20,21)22/h4-10,12,17,23H,2-3,11H2,1H3/t17-/m1/s1. The Morgan fingerprint density at radius 2 is 1.88 bits per heavy atom. The highest BCUT2D eigenvalue weighted by Gasteiger charge is 2.36. The molecule has 1 N–H and O–H groups in total. The van der Waals surface area contributed by atoms with Gasteiger partial charge in [-0.05, 0) is 30.7 Å². The number of fused-ring (bicyclic) bond motifs is 1. The van der Waals surface area contributed by atoms with E-state index in [0.29, 0.717) is 17.8 Å². The van der Waals surface area contributed by atoms with Crippen molar-refractivity contribution in [2.75, 3.05) is 11.9 Å². The number of halogens is 3. The fourth-order valence-corrected chi connectivity index (χ4v) is 3.03. The molecule has 1 heterocycles. The second-order valence-corrected chi connectivity index (χ2v) is 6.06. The van der Waals surface area contributed by atoms with E-state index in [1.807, 2.05) is 19.1 Å². The maximum absolute atomic E-state index is 12.9. The van der Waals surface area contributed by atoms with Crippen LogP contribution in [0.3, 0.4) is 0 Å². The minimum absolute atomic E-state index is 0.0893. The lowest BCUT2D eigenvalue weighted by Gasteiger charge is -2.27. The number of alkyl halides is 3. The van der Waals surface area contributed by atoms with Gasteiger partial charge in [0.05, 0.1) is 5.56 Å². The maximum Gasteiger partial charge on any atom is 0.416 e. The molecule has 132 valence electrons. The molecule has 0 aromatic heterocycles. The molecule has 0 radical (unpaired) electrons. The first kappa shape index (κ1) is 17.3. The summed E-state index contributed by atoms with van der Waals surface area (Å²) in [6.07, 6.45) is -3.10. The topological polar surface area (TPSA) is 32.3 Å². The zero-order valence-corrected chi connectivity index (χ0v) is 13.8. The molecule has 0 bridgehead atoms. The van der Waals surface area contributed by atoms with E-state index in [9.17, 15) is 18.0 Å². The van der Waals surface area contributed by atoms with E-state index in [0.717, 1.165) is 30.5 Å². The molecule has 3 nitrogen and oxygen atoms in total. The maximum atomic E-state index is 12.9. The van der Waals surface area contributed by atoms with Gasteiger partial charge < -0.3 is 10.2 Å². The summed E-state index contributed by atoms with van der Waals surface area (Å²) in [6.45, 7) is 2.59. The molecule has 1 amide bonds. The molecule has 0 saturated carbocycles. The van der Waals surface area contributed by atoms with Gasteiger partial charge in [0.2, 0.25) is 0 Å². The predicted octanol–water partition coefficient (Wildman–Crippen LogP) is 5.07. The number of amides is 1. The minimum atomic E-state index is -4.40. The van der Waals surface area contributed by atoms with Crippen molar-refractivity contribution in [1.82, 2.24) is 4.90 Å². The number of nitrogens with zero attached hydrogens (tertiary/aromatic N) is 1. The number of benzene rings is 2. The van der Waals surface area contributed by atoms with E-state index < -0.39 is 17.9 Å². The van der Waals surface area contributed by atoms with Crippen LogP contribution in [0.4, 0.5) is 18.9 Å². The van der Waals surface area contributed by atoms with Crippen molar-refractivity contribution >= 4 is 11.6 Å². The third-order valence-corrected chi connectivity index (χ3v) is 4.30. The molecular weight excluding hydrogens is 329 g/mol. The van der Waals surface area contributed by atoms with Gasteiger partial charge >= 0.3 is 6.18 Å². The summed E-state index contributed by atoms with van der Waals surface area (Å²) >= 11 is 0. The van der Waals surface area contributed by atoms with Crippen LogP contribution in [0.5, 0.6) is 0 Å². The molecule has 3 rings (SSSR count). The SMILES string of the molecule is CCCCN1C(=O)c2ccccc2[C@@H]1Nc1cccc(C(F)(F)F)c1. The van der Waals surface area contributed by atoms with Crippen LogP contribution in [-0.2, 0) is 6.18 Å². The first-order valence-corrected chi connectivity index (χ1v) is 8.25. The Morgan fingerprint density at radius 3 is 2.60 bits per heavy atom. The van der Waals surface area contributed by atoms with Crippen LogP contribution in [0.25, 0.3) is 0 Å². The van der Waals surface area contributed by atoms with Crippen LogP contribution in [-0.4, -0.2) is 17.4 Å². The molecule has 0 spiro atoms. The summed E-state index contributed by atoms with van der Waals surface area (Å²) in [5, 5.41) is 3.10. The van der Waals surface area contributed by atoms with Crippen molar-refractivity contribution in [2.24, 2.45) is 0 Å². The molecule has 25 heavy (non-hydrogen) atoms. The van der Waals surface area contributed by atoms with E-state index in [1.54, 1.807) is 23.1 Å². The molecule has 0 fully saturated rings. The third kappa shape index (κ3) is 3.48. The number of hydrogen-bond donors (Lipinski definition) is 1. The summed E-state index contributed by atoms with van der Waals surface area (Å²) in [5.74, 6) is -0.0893. The number of carbonyl (C=O) groups excluding carboxylic acids is 1.